The first-order valence-electron chi connectivity index (χ1n) is 5.01. The topological polar surface area (TPSA) is 94.3 Å². The zero-order chi connectivity index (χ0) is 12.7. The van der Waals surface area contributed by atoms with Crippen molar-refractivity contribution in [2.45, 2.75) is 25.0 Å². The van der Waals surface area contributed by atoms with Crippen molar-refractivity contribution >= 4 is 23.7 Å². The quantitative estimate of drug-likeness (QED) is 0.559. The Hall–Kier alpha value is -1.57. The number of carbonyl (C=O) groups excluding carboxylic acids is 1. The smallest absolute Gasteiger partial charge is 0.313 e. The number of carboxylic acids is 1. The number of carbonyl (C=O) groups is 2. The van der Waals surface area contributed by atoms with Crippen LogP contribution >= 0.6 is 11.8 Å². The molecule has 0 unspecified atom stereocenters. The van der Waals surface area contributed by atoms with E-state index >= 15 is 0 Å². The highest BCUT2D eigenvalue weighted by atomic mass is 32.2. The van der Waals surface area contributed by atoms with Crippen molar-refractivity contribution in [3.8, 4) is 0 Å². The number of aryl methyl sites for hydroxylation is 1. The summed E-state index contributed by atoms with van der Waals surface area (Å²) in [5.41, 5.74) is 0. The van der Waals surface area contributed by atoms with Gasteiger partial charge in [-0.05, 0) is 6.92 Å². The first-order chi connectivity index (χ1) is 8.13. The van der Waals surface area contributed by atoms with E-state index in [0.29, 0.717) is 18.3 Å². The van der Waals surface area contributed by atoms with E-state index in [2.05, 4.69) is 10.2 Å². The third-order valence-corrected chi connectivity index (χ3v) is 2.73. The van der Waals surface area contributed by atoms with E-state index in [0.717, 1.165) is 11.8 Å². The molecule has 0 amide bonds. The average molecular weight is 259 g/mol. The lowest BCUT2D eigenvalue weighted by Gasteiger charge is -2.04. The molecular weight excluding hydrogens is 246 g/mol. The van der Waals surface area contributed by atoms with Crippen molar-refractivity contribution in [1.82, 2.24) is 14.8 Å². The van der Waals surface area contributed by atoms with Gasteiger partial charge in [-0.3, -0.25) is 9.59 Å². The molecular formula is C9H13N3O4S. The van der Waals surface area contributed by atoms with Crippen LogP contribution in [0, 0.1) is 0 Å². The summed E-state index contributed by atoms with van der Waals surface area (Å²) in [5.74, 6) is -1.30. The van der Waals surface area contributed by atoms with Crippen molar-refractivity contribution in [1.29, 1.82) is 0 Å². The summed E-state index contributed by atoms with van der Waals surface area (Å²) in [5, 5.41) is 16.5. The Bertz CT molecular complexity index is 393. The van der Waals surface area contributed by atoms with Gasteiger partial charge in [-0.15, -0.1) is 10.2 Å². The van der Waals surface area contributed by atoms with Gasteiger partial charge in [0.05, 0.1) is 18.8 Å². The number of rotatable bonds is 7. The predicted molar refractivity (Wildman–Crippen MR) is 59.6 cm³/mol. The standard InChI is InChI=1S/C9H13N3O4S/c1-2-16-8(15)3-4-12-6-10-11-9(12)17-5-7(13)14/h6H,2-5H2,1H3,(H,13,14). The van der Waals surface area contributed by atoms with Crippen LogP contribution in [0.15, 0.2) is 11.5 Å². The minimum atomic E-state index is -0.921. The van der Waals surface area contributed by atoms with Crippen LogP contribution in [-0.2, 0) is 20.9 Å². The minimum Gasteiger partial charge on any atom is -0.481 e. The lowest BCUT2D eigenvalue weighted by atomic mass is 10.4. The fourth-order valence-electron chi connectivity index (χ4n) is 1.08. The van der Waals surface area contributed by atoms with Gasteiger partial charge in [-0.2, -0.15) is 0 Å². The van der Waals surface area contributed by atoms with E-state index < -0.39 is 5.97 Å². The second kappa shape index (κ2) is 6.89. The number of hydrogen-bond donors (Lipinski definition) is 1. The van der Waals surface area contributed by atoms with Crippen LogP contribution in [0.3, 0.4) is 0 Å². The summed E-state index contributed by atoms with van der Waals surface area (Å²) < 4.78 is 6.41. The number of ether oxygens (including phenoxy) is 1. The maximum Gasteiger partial charge on any atom is 0.313 e. The summed E-state index contributed by atoms with van der Waals surface area (Å²) in [6.45, 7) is 2.47. The fraction of sp³-hybridized carbons (Fsp3) is 0.556. The second-order valence-electron chi connectivity index (χ2n) is 3.04. The molecule has 0 aromatic carbocycles. The highest BCUT2D eigenvalue weighted by Gasteiger charge is 2.09. The third-order valence-electron chi connectivity index (χ3n) is 1.77. The van der Waals surface area contributed by atoms with Crippen molar-refractivity contribution in [3.05, 3.63) is 6.33 Å². The number of esters is 1. The molecule has 0 saturated heterocycles. The molecule has 0 bridgehead atoms. The monoisotopic (exact) mass is 259 g/mol. The summed E-state index contributed by atoms with van der Waals surface area (Å²) in [6.07, 6.45) is 1.68. The van der Waals surface area contributed by atoms with E-state index in [1.54, 1.807) is 11.5 Å². The van der Waals surface area contributed by atoms with Gasteiger partial charge in [0.2, 0.25) is 0 Å². The normalized spacial score (nSPS) is 10.2. The molecule has 0 fully saturated rings. The van der Waals surface area contributed by atoms with Crippen LogP contribution in [0.4, 0.5) is 0 Å². The van der Waals surface area contributed by atoms with Gasteiger partial charge < -0.3 is 14.4 Å². The third kappa shape index (κ3) is 4.85. The minimum absolute atomic E-state index is 0.0852. The SMILES string of the molecule is CCOC(=O)CCn1cnnc1SCC(=O)O. The molecule has 1 aromatic rings. The highest BCUT2D eigenvalue weighted by Crippen LogP contribution is 2.14. The van der Waals surface area contributed by atoms with Gasteiger partial charge >= 0.3 is 11.9 Å². The Morgan fingerprint density at radius 2 is 2.35 bits per heavy atom. The Morgan fingerprint density at radius 1 is 1.59 bits per heavy atom. The predicted octanol–water partition coefficient (Wildman–Crippen LogP) is 0.408. The molecule has 1 N–H and O–H groups in total. The Morgan fingerprint density at radius 3 is 3.00 bits per heavy atom. The molecule has 0 radical (unpaired) electrons. The van der Waals surface area contributed by atoms with Crippen molar-refractivity contribution < 1.29 is 19.4 Å². The zero-order valence-corrected chi connectivity index (χ0v) is 10.1. The Kier molecular flexibility index (Phi) is 5.47. The molecule has 7 nitrogen and oxygen atoms in total. The van der Waals surface area contributed by atoms with E-state index in [-0.39, 0.29) is 18.1 Å². The molecule has 0 aliphatic carbocycles. The van der Waals surface area contributed by atoms with Gasteiger partial charge in [-0.25, -0.2) is 0 Å². The number of nitrogens with zero attached hydrogens (tertiary/aromatic N) is 3. The number of carboxylic acid groups (broad SMARTS) is 1. The first-order valence-corrected chi connectivity index (χ1v) is 6.00. The number of aliphatic carboxylic acids is 1. The molecule has 94 valence electrons. The van der Waals surface area contributed by atoms with Gasteiger partial charge in [0.1, 0.15) is 6.33 Å². The molecule has 17 heavy (non-hydrogen) atoms. The first kappa shape index (κ1) is 13.5. The Labute approximate surface area is 102 Å². The van der Waals surface area contributed by atoms with Gasteiger partial charge in [-0.1, -0.05) is 11.8 Å². The van der Waals surface area contributed by atoms with Gasteiger partial charge in [0, 0.05) is 6.54 Å². The van der Waals surface area contributed by atoms with Crippen LogP contribution in [0.2, 0.25) is 0 Å². The lowest BCUT2D eigenvalue weighted by Crippen LogP contribution is -2.09. The van der Waals surface area contributed by atoms with Crippen LogP contribution in [0.5, 0.6) is 0 Å². The van der Waals surface area contributed by atoms with Crippen molar-refractivity contribution in [2.75, 3.05) is 12.4 Å². The second-order valence-corrected chi connectivity index (χ2v) is 3.99. The molecule has 0 spiro atoms. The van der Waals surface area contributed by atoms with Crippen LogP contribution in [-0.4, -0.2) is 44.2 Å². The fourth-order valence-corrected chi connectivity index (χ4v) is 1.74. The maximum atomic E-state index is 11.1. The summed E-state index contributed by atoms with van der Waals surface area (Å²) in [4.78, 5) is 21.5. The van der Waals surface area contributed by atoms with Crippen molar-refractivity contribution in [2.24, 2.45) is 0 Å². The molecule has 1 rings (SSSR count). The molecule has 0 atom stereocenters. The van der Waals surface area contributed by atoms with Gasteiger partial charge in [0.15, 0.2) is 5.16 Å². The number of aromatic nitrogens is 3. The average Bonchev–Trinajstić information content (AvgIpc) is 2.71. The number of thioether (sulfide) groups is 1. The van der Waals surface area contributed by atoms with Crippen LogP contribution in [0.25, 0.3) is 0 Å². The van der Waals surface area contributed by atoms with E-state index in [4.69, 9.17) is 9.84 Å². The highest BCUT2D eigenvalue weighted by molar-refractivity contribution is 7.99. The summed E-state index contributed by atoms with van der Waals surface area (Å²) in [6, 6.07) is 0. The largest absolute Gasteiger partial charge is 0.481 e. The van der Waals surface area contributed by atoms with E-state index in [1.807, 2.05) is 0 Å². The molecule has 8 heteroatoms. The Balaban J connectivity index is 2.45. The number of hydrogen-bond acceptors (Lipinski definition) is 6. The summed E-state index contributed by atoms with van der Waals surface area (Å²) in [7, 11) is 0. The molecule has 0 saturated carbocycles. The van der Waals surface area contributed by atoms with E-state index in [9.17, 15) is 9.59 Å². The van der Waals surface area contributed by atoms with Crippen molar-refractivity contribution in [3.63, 3.8) is 0 Å². The molecule has 0 aliphatic heterocycles. The molecule has 0 aliphatic rings. The maximum absolute atomic E-state index is 11.1. The molecule has 1 aromatic heterocycles. The van der Waals surface area contributed by atoms with Gasteiger partial charge in [0.25, 0.3) is 0 Å². The zero-order valence-electron chi connectivity index (χ0n) is 9.33. The van der Waals surface area contributed by atoms with E-state index in [1.165, 1.54) is 6.33 Å². The molecule has 1 heterocycles. The lowest BCUT2D eigenvalue weighted by molar-refractivity contribution is -0.143. The summed E-state index contributed by atoms with van der Waals surface area (Å²) >= 11 is 1.06. The van der Waals surface area contributed by atoms with Crippen LogP contribution < -0.4 is 0 Å². The van der Waals surface area contributed by atoms with Crippen LogP contribution in [0.1, 0.15) is 13.3 Å².